The molecule has 0 bridgehead atoms. The van der Waals surface area contributed by atoms with Crippen molar-refractivity contribution < 1.29 is 14.3 Å². The average molecular weight is 316 g/mol. The van der Waals surface area contributed by atoms with Crippen LogP contribution < -0.4 is 14.4 Å². The van der Waals surface area contributed by atoms with Crippen molar-refractivity contribution >= 4 is 23.2 Å². The van der Waals surface area contributed by atoms with E-state index in [9.17, 15) is 4.79 Å². The number of nitrogens with zero attached hydrogens (tertiary/aromatic N) is 1. The minimum absolute atomic E-state index is 0.0626. The number of para-hydroxylation sites is 1. The zero-order valence-electron chi connectivity index (χ0n) is 11.8. The molecule has 0 aliphatic carbocycles. The lowest BCUT2D eigenvalue weighted by Crippen LogP contribution is -2.35. The fraction of sp³-hybridized carbons (Fsp3) is 0.235. The van der Waals surface area contributed by atoms with Gasteiger partial charge in [-0.1, -0.05) is 29.8 Å². The Morgan fingerprint density at radius 3 is 2.95 bits per heavy atom. The highest BCUT2D eigenvalue weighted by Gasteiger charge is 2.26. The van der Waals surface area contributed by atoms with Gasteiger partial charge in [0.25, 0.3) is 5.91 Å². The van der Waals surface area contributed by atoms with Gasteiger partial charge in [0.2, 0.25) is 6.79 Å². The number of carbonyl (C=O) groups is 1. The molecule has 0 N–H and O–H groups in total. The molecule has 2 aromatic carbocycles. The maximum atomic E-state index is 12.9. The standard InChI is InChI=1S/C17H14ClNO3/c18-13-8-12(9-15-16(13)22-10-21-15)17(20)19-7-3-5-11-4-1-2-6-14(11)19/h1-2,4,6,8-9H,3,5,7,10H2. The third-order valence-electron chi connectivity index (χ3n) is 4.03. The van der Waals surface area contributed by atoms with E-state index in [1.807, 2.05) is 23.1 Å². The minimum atomic E-state index is -0.0626. The Hall–Kier alpha value is -2.20. The summed E-state index contributed by atoms with van der Waals surface area (Å²) in [6.07, 6.45) is 1.96. The van der Waals surface area contributed by atoms with Crippen LogP contribution in [0.15, 0.2) is 36.4 Å². The summed E-state index contributed by atoms with van der Waals surface area (Å²) >= 11 is 6.18. The van der Waals surface area contributed by atoms with Crippen molar-refractivity contribution in [2.24, 2.45) is 0 Å². The number of rotatable bonds is 1. The topological polar surface area (TPSA) is 38.8 Å². The van der Waals surface area contributed by atoms with Gasteiger partial charge in [-0.25, -0.2) is 0 Å². The molecule has 5 heteroatoms. The molecule has 0 aromatic heterocycles. The lowest BCUT2D eigenvalue weighted by molar-refractivity contribution is 0.0984. The van der Waals surface area contributed by atoms with Crippen LogP contribution in [0.25, 0.3) is 0 Å². The van der Waals surface area contributed by atoms with Crippen LogP contribution in [0.4, 0.5) is 5.69 Å². The normalized spacial score (nSPS) is 15.6. The highest BCUT2D eigenvalue weighted by molar-refractivity contribution is 6.33. The summed E-state index contributed by atoms with van der Waals surface area (Å²) in [5, 5.41) is 0.406. The first-order valence-corrected chi connectivity index (χ1v) is 7.61. The van der Waals surface area contributed by atoms with E-state index < -0.39 is 0 Å². The number of halogens is 1. The Labute approximate surface area is 133 Å². The molecule has 112 valence electrons. The molecule has 22 heavy (non-hydrogen) atoms. The third-order valence-corrected chi connectivity index (χ3v) is 4.31. The lowest BCUT2D eigenvalue weighted by atomic mass is 10.0. The van der Waals surface area contributed by atoms with E-state index in [1.165, 1.54) is 5.56 Å². The van der Waals surface area contributed by atoms with Crippen LogP contribution in [-0.2, 0) is 6.42 Å². The Morgan fingerprint density at radius 1 is 1.18 bits per heavy atom. The fourth-order valence-corrected chi connectivity index (χ4v) is 3.26. The largest absolute Gasteiger partial charge is 0.454 e. The van der Waals surface area contributed by atoms with Gasteiger partial charge in [0.1, 0.15) is 0 Å². The maximum Gasteiger partial charge on any atom is 0.258 e. The number of benzene rings is 2. The predicted molar refractivity (Wildman–Crippen MR) is 84.0 cm³/mol. The van der Waals surface area contributed by atoms with Crippen LogP contribution in [0.2, 0.25) is 5.02 Å². The second-order valence-corrected chi connectivity index (χ2v) is 5.79. The van der Waals surface area contributed by atoms with Crippen molar-refractivity contribution in [1.82, 2.24) is 0 Å². The fourth-order valence-electron chi connectivity index (χ4n) is 2.99. The number of ether oxygens (including phenoxy) is 2. The highest BCUT2D eigenvalue weighted by atomic mass is 35.5. The van der Waals surface area contributed by atoms with Gasteiger partial charge in [-0.15, -0.1) is 0 Å². The smallest absolute Gasteiger partial charge is 0.258 e. The number of carbonyl (C=O) groups excluding carboxylic acids is 1. The molecular weight excluding hydrogens is 302 g/mol. The summed E-state index contributed by atoms with van der Waals surface area (Å²) in [5.41, 5.74) is 2.70. The number of fused-ring (bicyclic) bond motifs is 2. The second-order valence-electron chi connectivity index (χ2n) is 5.38. The van der Waals surface area contributed by atoms with Gasteiger partial charge in [-0.2, -0.15) is 0 Å². The zero-order valence-corrected chi connectivity index (χ0v) is 12.6. The summed E-state index contributed by atoms with van der Waals surface area (Å²) in [5.74, 6) is 0.978. The van der Waals surface area contributed by atoms with E-state index in [4.69, 9.17) is 21.1 Å². The molecule has 2 aromatic rings. The maximum absolute atomic E-state index is 12.9. The highest BCUT2D eigenvalue weighted by Crippen LogP contribution is 2.40. The van der Waals surface area contributed by atoms with Crippen LogP contribution >= 0.6 is 11.6 Å². The SMILES string of the molecule is O=C(c1cc(Cl)c2c(c1)OCO2)N1CCCc2ccccc21. The van der Waals surface area contributed by atoms with Crippen molar-refractivity contribution in [1.29, 1.82) is 0 Å². The van der Waals surface area contributed by atoms with E-state index in [-0.39, 0.29) is 12.7 Å². The van der Waals surface area contributed by atoms with Gasteiger partial charge in [0.15, 0.2) is 11.5 Å². The second kappa shape index (κ2) is 5.21. The van der Waals surface area contributed by atoms with Crippen molar-refractivity contribution in [3.05, 3.63) is 52.5 Å². The lowest BCUT2D eigenvalue weighted by Gasteiger charge is -2.29. The monoisotopic (exact) mass is 315 g/mol. The van der Waals surface area contributed by atoms with Crippen molar-refractivity contribution in [2.75, 3.05) is 18.2 Å². The number of hydrogen-bond donors (Lipinski definition) is 0. The van der Waals surface area contributed by atoms with Crippen molar-refractivity contribution in [3.8, 4) is 11.5 Å². The molecule has 0 unspecified atom stereocenters. The van der Waals surface area contributed by atoms with Gasteiger partial charge >= 0.3 is 0 Å². The molecule has 4 rings (SSSR count). The first-order valence-electron chi connectivity index (χ1n) is 7.23. The number of aryl methyl sites for hydroxylation is 1. The van der Waals surface area contributed by atoms with Crippen molar-refractivity contribution in [3.63, 3.8) is 0 Å². The molecular formula is C17H14ClNO3. The summed E-state index contributed by atoms with van der Waals surface area (Å²) in [6, 6.07) is 11.4. The van der Waals surface area contributed by atoms with Gasteiger partial charge in [-0.3, -0.25) is 4.79 Å². The average Bonchev–Trinajstić information content (AvgIpc) is 3.03. The number of anilines is 1. The first kappa shape index (κ1) is 13.5. The molecule has 2 aliphatic heterocycles. The van der Waals surface area contributed by atoms with E-state index in [0.717, 1.165) is 18.5 Å². The number of hydrogen-bond acceptors (Lipinski definition) is 3. The van der Waals surface area contributed by atoms with E-state index in [2.05, 4.69) is 6.07 Å². The van der Waals surface area contributed by atoms with Crippen LogP contribution in [-0.4, -0.2) is 19.2 Å². The quantitative estimate of drug-likeness (QED) is 0.806. The Morgan fingerprint density at radius 2 is 2.05 bits per heavy atom. The Kier molecular flexibility index (Phi) is 3.19. The summed E-state index contributed by atoms with van der Waals surface area (Å²) in [6.45, 7) is 0.848. The molecule has 0 fully saturated rings. The first-order chi connectivity index (χ1) is 10.7. The van der Waals surface area contributed by atoms with Gasteiger partial charge in [0, 0.05) is 17.8 Å². The third kappa shape index (κ3) is 2.11. The van der Waals surface area contributed by atoms with Gasteiger partial charge in [0.05, 0.1) is 5.02 Å². The molecule has 0 spiro atoms. The predicted octanol–water partition coefficient (Wildman–Crippen LogP) is 3.66. The molecule has 0 saturated heterocycles. The molecule has 0 saturated carbocycles. The van der Waals surface area contributed by atoms with Crippen LogP contribution in [0, 0.1) is 0 Å². The molecule has 0 atom stereocenters. The van der Waals surface area contributed by atoms with Crippen LogP contribution in [0.5, 0.6) is 11.5 Å². The Balaban J connectivity index is 1.73. The van der Waals surface area contributed by atoms with E-state index >= 15 is 0 Å². The van der Waals surface area contributed by atoms with Gasteiger partial charge in [-0.05, 0) is 36.6 Å². The molecule has 2 heterocycles. The number of amides is 1. The molecule has 1 amide bonds. The molecule has 4 nitrogen and oxygen atoms in total. The summed E-state index contributed by atoms with van der Waals surface area (Å²) < 4.78 is 10.6. The zero-order chi connectivity index (χ0) is 15.1. The van der Waals surface area contributed by atoms with Crippen LogP contribution in [0.3, 0.4) is 0 Å². The molecule has 2 aliphatic rings. The van der Waals surface area contributed by atoms with Crippen LogP contribution in [0.1, 0.15) is 22.3 Å². The Bertz CT molecular complexity index is 760. The van der Waals surface area contributed by atoms with E-state index in [0.29, 0.717) is 28.6 Å². The summed E-state index contributed by atoms with van der Waals surface area (Å²) in [4.78, 5) is 14.7. The van der Waals surface area contributed by atoms with Gasteiger partial charge < -0.3 is 14.4 Å². The van der Waals surface area contributed by atoms with E-state index in [1.54, 1.807) is 12.1 Å². The summed E-state index contributed by atoms with van der Waals surface area (Å²) in [7, 11) is 0. The minimum Gasteiger partial charge on any atom is -0.454 e. The molecule has 0 radical (unpaired) electrons. The van der Waals surface area contributed by atoms with Crippen molar-refractivity contribution in [2.45, 2.75) is 12.8 Å².